The number of ether oxygens (including phenoxy) is 1. The molecule has 2 rings (SSSR count). The topological polar surface area (TPSA) is 9.23 Å². The summed E-state index contributed by atoms with van der Waals surface area (Å²) in [5.74, 6) is 0.942. The number of halogens is 1. The van der Waals surface area contributed by atoms with E-state index in [0.29, 0.717) is 0 Å². The molecule has 1 nitrogen and oxygen atoms in total. The molecule has 0 N–H and O–H groups in total. The molecule has 56 valence electrons. The first-order chi connectivity index (χ1) is 5.36. The fraction of sp³-hybridized carbons (Fsp3) is 0.111. The van der Waals surface area contributed by atoms with Crippen LogP contribution >= 0.6 is 15.9 Å². The summed E-state index contributed by atoms with van der Waals surface area (Å²) in [6, 6.07) is 7.97. The predicted octanol–water partition coefficient (Wildman–Crippen LogP) is 2.81. The average Bonchev–Trinajstić information content (AvgIpc) is 2.04. The van der Waals surface area contributed by atoms with E-state index in [4.69, 9.17) is 4.74 Å². The van der Waals surface area contributed by atoms with E-state index in [2.05, 4.69) is 22.0 Å². The Morgan fingerprint density at radius 1 is 1.27 bits per heavy atom. The summed E-state index contributed by atoms with van der Waals surface area (Å²) in [6.07, 6.45) is 4.03. The van der Waals surface area contributed by atoms with Crippen LogP contribution in [0.25, 0.3) is 6.08 Å². The fourth-order valence-corrected chi connectivity index (χ4v) is 1.42. The largest absolute Gasteiger partial charge is 0.474 e. The van der Waals surface area contributed by atoms with Gasteiger partial charge in [-0.15, -0.1) is 0 Å². The average molecular weight is 211 g/mol. The molecule has 0 bridgehead atoms. The number of rotatable bonds is 0. The molecular formula is C9H7BrO. The van der Waals surface area contributed by atoms with Crippen molar-refractivity contribution in [2.24, 2.45) is 0 Å². The molecule has 1 atom stereocenters. The normalized spacial score (nSPS) is 20.6. The van der Waals surface area contributed by atoms with E-state index in [1.807, 2.05) is 30.3 Å². The van der Waals surface area contributed by atoms with Crippen LogP contribution in [0, 0.1) is 0 Å². The van der Waals surface area contributed by atoms with E-state index >= 15 is 0 Å². The molecule has 0 saturated heterocycles. The second-order valence-electron chi connectivity index (χ2n) is 2.37. The Bertz CT molecular complexity index is 293. The zero-order valence-electron chi connectivity index (χ0n) is 5.83. The lowest BCUT2D eigenvalue weighted by Crippen LogP contribution is -2.08. The Morgan fingerprint density at radius 3 is 3.00 bits per heavy atom. The number of alkyl halides is 1. The number of para-hydroxylation sites is 1. The van der Waals surface area contributed by atoms with E-state index in [9.17, 15) is 0 Å². The van der Waals surface area contributed by atoms with Crippen LogP contribution in [0.15, 0.2) is 30.3 Å². The first kappa shape index (κ1) is 6.92. The lowest BCUT2D eigenvalue weighted by molar-refractivity contribution is 0.334. The van der Waals surface area contributed by atoms with Crippen molar-refractivity contribution in [3.05, 3.63) is 35.9 Å². The lowest BCUT2D eigenvalue weighted by Gasteiger charge is -2.15. The monoisotopic (exact) mass is 210 g/mol. The molecular weight excluding hydrogens is 204 g/mol. The Labute approximate surface area is 73.8 Å². The van der Waals surface area contributed by atoms with Gasteiger partial charge in [0.15, 0.2) is 5.01 Å². The number of hydrogen-bond donors (Lipinski definition) is 0. The summed E-state index contributed by atoms with van der Waals surface area (Å²) < 4.78 is 5.46. The van der Waals surface area contributed by atoms with E-state index in [0.717, 1.165) is 11.3 Å². The molecule has 0 aromatic heterocycles. The molecule has 0 radical (unpaired) electrons. The first-order valence-corrected chi connectivity index (χ1v) is 4.36. The minimum Gasteiger partial charge on any atom is -0.474 e. The summed E-state index contributed by atoms with van der Waals surface area (Å²) in [7, 11) is 0. The Morgan fingerprint density at radius 2 is 2.09 bits per heavy atom. The van der Waals surface area contributed by atoms with Crippen molar-refractivity contribution in [2.45, 2.75) is 5.01 Å². The van der Waals surface area contributed by atoms with Gasteiger partial charge in [0.2, 0.25) is 0 Å². The molecule has 11 heavy (non-hydrogen) atoms. The van der Waals surface area contributed by atoms with E-state index in [1.54, 1.807) is 0 Å². The quantitative estimate of drug-likeness (QED) is 0.599. The van der Waals surface area contributed by atoms with Crippen LogP contribution < -0.4 is 4.74 Å². The van der Waals surface area contributed by atoms with Crippen LogP contribution in [0.1, 0.15) is 5.56 Å². The predicted molar refractivity (Wildman–Crippen MR) is 48.8 cm³/mol. The molecule has 1 aromatic rings. The summed E-state index contributed by atoms with van der Waals surface area (Å²) >= 11 is 3.35. The van der Waals surface area contributed by atoms with Gasteiger partial charge < -0.3 is 4.74 Å². The van der Waals surface area contributed by atoms with Crippen molar-refractivity contribution in [1.29, 1.82) is 0 Å². The van der Waals surface area contributed by atoms with Gasteiger partial charge in [0.05, 0.1) is 0 Å². The van der Waals surface area contributed by atoms with E-state index in [1.165, 1.54) is 0 Å². The second kappa shape index (κ2) is 2.70. The molecule has 1 unspecified atom stereocenters. The lowest BCUT2D eigenvalue weighted by atomic mass is 10.1. The summed E-state index contributed by atoms with van der Waals surface area (Å²) in [5, 5.41) is 0.0254. The van der Waals surface area contributed by atoms with Crippen LogP contribution in [0.2, 0.25) is 0 Å². The smallest absolute Gasteiger partial charge is 0.171 e. The molecule has 0 saturated carbocycles. The molecule has 1 aromatic carbocycles. The second-order valence-corrected chi connectivity index (χ2v) is 3.27. The standard InChI is InChI=1S/C9H7BrO/c10-9-6-5-7-3-1-2-4-8(7)11-9/h1-6,9H. The third kappa shape index (κ3) is 1.31. The van der Waals surface area contributed by atoms with Gasteiger partial charge in [-0.2, -0.15) is 0 Å². The number of benzene rings is 1. The Kier molecular flexibility index (Phi) is 1.70. The maximum absolute atomic E-state index is 5.46. The molecule has 0 spiro atoms. The molecule has 0 fully saturated rings. The highest BCUT2D eigenvalue weighted by atomic mass is 79.9. The Balaban J connectivity index is 2.46. The van der Waals surface area contributed by atoms with Crippen LogP contribution in [-0.2, 0) is 0 Å². The molecule has 1 heterocycles. The summed E-state index contributed by atoms with van der Waals surface area (Å²) in [5.41, 5.74) is 1.14. The number of hydrogen-bond acceptors (Lipinski definition) is 1. The van der Waals surface area contributed by atoms with Crippen molar-refractivity contribution in [1.82, 2.24) is 0 Å². The summed E-state index contributed by atoms with van der Waals surface area (Å²) in [4.78, 5) is 0. The van der Waals surface area contributed by atoms with Gasteiger partial charge in [0, 0.05) is 5.56 Å². The first-order valence-electron chi connectivity index (χ1n) is 3.44. The zero-order valence-corrected chi connectivity index (χ0v) is 7.41. The van der Waals surface area contributed by atoms with Crippen molar-refractivity contribution in [3.63, 3.8) is 0 Å². The summed E-state index contributed by atoms with van der Waals surface area (Å²) in [6.45, 7) is 0. The molecule has 0 amide bonds. The van der Waals surface area contributed by atoms with Crippen LogP contribution in [-0.4, -0.2) is 5.01 Å². The van der Waals surface area contributed by atoms with Crippen molar-refractivity contribution < 1.29 is 4.74 Å². The fourth-order valence-electron chi connectivity index (χ4n) is 1.07. The molecule has 1 aliphatic heterocycles. The highest BCUT2D eigenvalue weighted by molar-refractivity contribution is 9.09. The van der Waals surface area contributed by atoms with Gasteiger partial charge in [-0.1, -0.05) is 24.3 Å². The van der Waals surface area contributed by atoms with Gasteiger partial charge >= 0.3 is 0 Å². The minimum atomic E-state index is 0.0254. The van der Waals surface area contributed by atoms with Crippen molar-refractivity contribution >= 4 is 22.0 Å². The maximum Gasteiger partial charge on any atom is 0.171 e. The SMILES string of the molecule is BrC1C=Cc2ccccc2O1. The van der Waals surface area contributed by atoms with Crippen LogP contribution in [0.4, 0.5) is 0 Å². The van der Waals surface area contributed by atoms with Gasteiger partial charge in [0.1, 0.15) is 5.75 Å². The third-order valence-corrected chi connectivity index (χ3v) is 2.08. The zero-order chi connectivity index (χ0) is 7.68. The number of fused-ring (bicyclic) bond motifs is 1. The highest BCUT2D eigenvalue weighted by Gasteiger charge is 2.09. The van der Waals surface area contributed by atoms with Gasteiger partial charge in [0.25, 0.3) is 0 Å². The highest BCUT2D eigenvalue weighted by Crippen LogP contribution is 2.26. The molecule has 1 aliphatic rings. The maximum atomic E-state index is 5.46. The minimum absolute atomic E-state index is 0.0254. The van der Waals surface area contributed by atoms with E-state index < -0.39 is 0 Å². The van der Waals surface area contributed by atoms with E-state index in [-0.39, 0.29) is 5.01 Å². The van der Waals surface area contributed by atoms with Crippen molar-refractivity contribution in [2.75, 3.05) is 0 Å². The Hall–Kier alpha value is -0.760. The molecule has 2 heteroatoms. The van der Waals surface area contributed by atoms with Gasteiger partial charge in [-0.05, 0) is 28.1 Å². The van der Waals surface area contributed by atoms with Gasteiger partial charge in [-0.25, -0.2) is 0 Å². The molecule has 0 aliphatic carbocycles. The van der Waals surface area contributed by atoms with Gasteiger partial charge in [-0.3, -0.25) is 0 Å². The van der Waals surface area contributed by atoms with Crippen molar-refractivity contribution in [3.8, 4) is 5.75 Å². The van der Waals surface area contributed by atoms with Crippen LogP contribution in [0.5, 0.6) is 5.75 Å². The van der Waals surface area contributed by atoms with Crippen LogP contribution in [0.3, 0.4) is 0 Å². The third-order valence-electron chi connectivity index (χ3n) is 1.59.